The Morgan fingerprint density at radius 3 is 2.36 bits per heavy atom. The lowest BCUT2D eigenvalue weighted by molar-refractivity contribution is -0.137. The molecule has 3 heteroatoms. The zero-order chi connectivity index (χ0) is 18.6. The Labute approximate surface area is 152 Å². The standard InChI is InChI=1S/C22H32O3/c1-13(2)19-16(24-6)12-15-14(20(19)25-7)8-9-17-21(3,4)18(23)10-11-22(15,17)5/h12-13,17H,8-11H2,1-7H3/t17-,22+/m0/s1. The molecule has 0 saturated heterocycles. The van der Waals surface area contributed by atoms with E-state index in [1.165, 1.54) is 11.1 Å². The molecule has 25 heavy (non-hydrogen) atoms. The van der Waals surface area contributed by atoms with Gasteiger partial charge in [-0.3, -0.25) is 4.79 Å². The largest absolute Gasteiger partial charge is 0.496 e. The van der Waals surface area contributed by atoms with Crippen LogP contribution in [0.3, 0.4) is 0 Å². The van der Waals surface area contributed by atoms with Gasteiger partial charge in [0, 0.05) is 17.4 Å². The number of hydrogen-bond donors (Lipinski definition) is 0. The number of methoxy groups -OCH3 is 2. The van der Waals surface area contributed by atoms with E-state index in [2.05, 4.69) is 40.7 Å². The van der Waals surface area contributed by atoms with Crippen LogP contribution in [0.4, 0.5) is 0 Å². The molecule has 1 aromatic rings. The van der Waals surface area contributed by atoms with Crippen LogP contribution >= 0.6 is 0 Å². The van der Waals surface area contributed by atoms with E-state index in [0.29, 0.717) is 24.0 Å². The molecule has 0 spiro atoms. The van der Waals surface area contributed by atoms with Gasteiger partial charge in [0.1, 0.15) is 17.3 Å². The van der Waals surface area contributed by atoms with Crippen LogP contribution in [0.15, 0.2) is 6.07 Å². The molecule has 0 heterocycles. The first kappa shape index (κ1) is 18.3. The summed E-state index contributed by atoms with van der Waals surface area (Å²) in [6, 6.07) is 2.24. The molecule has 1 aromatic carbocycles. The highest BCUT2D eigenvalue weighted by Gasteiger charge is 2.54. The van der Waals surface area contributed by atoms with Crippen molar-refractivity contribution in [1.29, 1.82) is 0 Å². The normalized spacial score (nSPS) is 27.7. The Morgan fingerprint density at radius 2 is 1.80 bits per heavy atom. The molecule has 3 nitrogen and oxygen atoms in total. The molecule has 0 bridgehead atoms. The number of Topliss-reactive ketones (excluding diaryl/α,β-unsaturated/α-hetero) is 1. The van der Waals surface area contributed by atoms with Crippen molar-refractivity contribution in [3.8, 4) is 11.5 Å². The Bertz CT molecular complexity index is 702. The number of ketones is 1. The maximum Gasteiger partial charge on any atom is 0.138 e. The molecule has 2 atom stereocenters. The van der Waals surface area contributed by atoms with Gasteiger partial charge in [-0.25, -0.2) is 0 Å². The Hall–Kier alpha value is -1.51. The summed E-state index contributed by atoms with van der Waals surface area (Å²) in [5.74, 6) is 3.04. The predicted octanol–water partition coefficient (Wildman–Crippen LogP) is 5.04. The highest BCUT2D eigenvalue weighted by molar-refractivity contribution is 5.86. The summed E-state index contributed by atoms with van der Waals surface area (Å²) in [4.78, 5) is 12.6. The van der Waals surface area contributed by atoms with Gasteiger partial charge in [0.05, 0.1) is 14.2 Å². The van der Waals surface area contributed by atoms with E-state index in [4.69, 9.17) is 9.47 Å². The number of carbonyl (C=O) groups excluding carboxylic acids is 1. The molecule has 0 unspecified atom stereocenters. The monoisotopic (exact) mass is 344 g/mol. The maximum atomic E-state index is 12.6. The van der Waals surface area contributed by atoms with Gasteiger partial charge in [0.15, 0.2) is 0 Å². The first-order valence-electron chi connectivity index (χ1n) is 9.50. The Morgan fingerprint density at radius 1 is 1.12 bits per heavy atom. The minimum Gasteiger partial charge on any atom is -0.496 e. The fourth-order valence-electron chi connectivity index (χ4n) is 5.55. The number of rotatable bonds is 3. The second-order valence-corrected chi connectivity index (χ2v) is 8.86. The zero-order valence-electron chi connectivity index (χ0n) is 16.8. The summed E-state index contributed by atoms with van der Waals surface area (Å²) in [5.41, 5.74) is 3.57. The molecule has 1 saturated carbocycles. The van der Waals surface area contributed by atoms with E-state index >= 15 is 0 Å². The molecule has 0 aromatic heterocycles. The number of ether oxygens (including phenoxy) is 2. The van der Waals surface area contributed by atoms with E-state index < -0.39 is 0 Å². The fourth-order valence-corrected chi connectivity index (χ4v) is 5.55. The molecule has 0 aliphatic heterocycles. The van der Waals surface area contributed by atoms with Crippen molar-refractivity contribution >= 4 is 5.78 Å². The van der Waals surface area contributed by atoms with Gasteiger partial charge in [-0.05, 0) is 53.7 Å². The molecule has 138 valence electrons. The first-order valence-corrected chi connectivity index (χ1v) is 9.50. The Kier molecular flexibility index (Phi) is 4.41. The van der Waals surface area contributed by atoms with Crippen molar-refractivity contribution in [2.75, 3.05) is 14.2 Å². The van der Waals surface area contributed by atoms with Crippen molar-refractivity contribution in [2.24, 2.45) is 11.3 Å². The van der Waals surface area contributed by atoms with E-state index in [1.807, 2.05) is 0 Å². The number of fused-ring (bicyclic) bond motifs is 3. The maximum absolute atomic E-state index is 12.6. The quantitative estimate of drug-likeness (QED) is 0.771. The minimum atomic E-state index is -0.262. The highest BCUT2D eigenvalue weighted by Crippen LogP contribution is 2.58. The predicted molar refractivity (Wildman–Crippen MR) is 101 cm³/mol. The summed E-state index contributed by atoms with van der Waals surface area (Å²) >= 11 is 0. The topological polar surface area (TPSA) is 35.5 Å². The fraction of sp³-hybridized carbons (Fsp3) is 0.682. The van der Waals surface area contributed by atoms with Crippen molar-refractivity contribution in [3.05, 3.63) is 22.8 Å². The van der Waals surface area contributed by atoms with Crippen LogP contribution in [0.2, 0.25) is 0 Å². The second kappa shape index (κ2) is 6.03. The van der Waals surface area contributed by atoms with E-state index in [1.54, 1.807) is 14.2 Å². The van der Waals surface area contributed by atoms with E-state index in [0.717, 1.165) is 36.3 Å². The van der Waals surface area contributed by atoms with Crippen LogP contribution in [0.25, 0.3) is 0 Å². The smallest absolute Gasteiger partial charge is 0.138 e. The molecule has 2 aliphatic carbocycles. The Balaban J connectivity index is 2.25. The van der Waals surface area contributed by atoms with Crippen LogP contribution in [0.1, 0.15) is 76.5 Å². The minimum absolute atomic E-state index is 0.00105. The van der Waals surface area contributed by atoms with Gasteiger partial charge in [-0.15, -0.1) is 0 Å². The average molecular weight is 344 g/mol. The molecule has 0 N–H and O–H groups in total. The summed E-state index contributed by atoms with van der Waals surface area (Å²) in [5, 5.41) is 0. The van der Waals surface area contributed by atoms with Crippen LogP contribution < -0.4 is 9.47 Å². The third-order valence-electron chi connectivity index (χ3n) is 6.91. The van der Waals surface area contributed by atoms with Crippen molar-refractivity contribution in [3.63, 3.8) is 0 Å². The van der Waals surface area contributed by atoms with Crippen molar-refractivity contribution in [2.45, 2.75) is 71.6 Å². The van der Waals surface area contributed by atoms with Gasteiger partial charge in [-0.1, -0.05) is 34.6 Å². The average Bonchev–Trinajstić information content (AvgIpc) is 2.56. The lowest BCUT2D eigenvalue weighted by Gasteiger charge is -2.53. The van der Waals surface area contributed by atoms with Gasteiger partial charge < -0.3 is 9.47 Å². The van der Waals surface area contributed by atoms with Crippen LogP contribution in [-0.4, -0.2) is 20.0 Å². The zero-order valence-corrected chi connectivity index (χ0v) is 16.8. The summed E-state index contributed by atoms with van der Waals surface area (Å²) in [7, 11) is 3.51. The second-order valence-electron chi connectivity index (χ2n) is 8.86. The summed E-state index contributed by atoms with van der Waals surface area (Å²) in [6.07, 6.45) is 3.60. The summed E-state index contributed by atoms with van der Waals surface area (Å²) in [6.45, 7) is 11.0. The lowest BCUT2D eigenvalue weighted by atomic mass is 9.50. The molecular weight excluding hydrogens is 312 g/mol. The molecule has 0 radical (unpaired) electrons. The van der Waals surface area contributed by atoms with Crippen LogP contribution in [0, 0.1) is 11.3 Å². The molecule has 3 rings (SSSR count). The van der Waals surface area contributed by atoms with Gasteiger partial charge >= 0.3 is 0 Å². The molecular formula is C22H32O3. The lowest BCUT2D eigenvalue weighted by Crippen LogP contribution is -2.52. The van der Waals surface area contributed by atoms with Gasteiger partial charge in [0.2, 0.25) is 0 Å². The van der Waals surface area contributed by atoms with Crippen LogP contribution in [-0.2, 0) is 16.6 Å². The SMILES string of the molecule is COc1cc2c(c(OC)c1C(C)C)CC[C@H]1C(C)(C)C(=O)CC[C@]21C. The molecule has 2 aliphatic rings. The first-order chi connectivity index (χ1) is 11.7. The van der Waals surface area contributed by atoms with E-state index in [9.17, 15) is 4.79 Å². The van der Waals surface area contributed by atoms with E-state index in [-0.39, 0.29) is 10.8 Å². The third-order valence-corrected chi connectivity index (χ3v) is 6.91. The van der Waals surface area contributed by atoms with Gasteiger partial charge in [-0.2, -0.15) is 0 Å². The van der Waals surface area contributed by atoms with Crippen LogP contribution in [0.5, 0.6) is 11.5 Å². The van der Waals surface area contributed by atoms with Crippen molar-refractivity contribution in [1.82, 2.24) is 0 Å². The highest BCUT2D eigenvalue weighted by atomic mass is 16.5. The summed E-state index contributed by atoms with van der Waals surface area (Å²) < 4.78 is 11.7. The third kappa shape index (κ3) is 2.50. The number of hydrogen-bond acceptors (Lipinski definition) is 3. The molecule has 1 fully saturated rings. The van der Waals surface area contributed by atoms with Gasteiger partial charge in [0.25, 0.3) is 0 Å². The number of benzene rings is 1. The van der Waals surface area contributed by atoms with Crippen molar-refractivity contribution < 1.29 is 14.3 Å². The number of carbonyl (C=O) groups is 1. The molecule has 0 amide bonds.